The molecule has 2 aliphatic carbocycles. The molecule has 0 aliphatic heterocycles. The average molecular weight is 570 g/mol. The number of rotatable bonds is 8. The molecule has 4 rings (SSSR count). The molecule has 2 aromatic rings. The van der Waals surface area contributed by atoms with Crippen molar-refractivity contribution in [1.29, 1.82) is 0 Å². The fourth-order valence-corrected chi connectivity index (χ4v) is 5.56. The summed E-state index contributed by atoms with van der Waals surface area (Å²) in [7, 11) is 1.13. The molecule has 11 heteroatoms. The van der Waals surface area contributed by atoms with Gasteiger partial charge in [0.15, 0.2) is 0 Å². The number of amides is 1. The van der Waals surface area contributed by atoms with Crippen LogP contribution >= 0.6 is 0 Å². The number of alkyl halides is 6. The van der Waals surface area contributed by atoms with Gasteiger partial charge in [0.05, 0.1) is 30.7 Å². The summed E-state index contributed by atoms with van der Waals surface area (Å²) < 4.78 is 85.9. The first-order valence-corrected chi connectivity index (χ1v) is 13.4. The quantitative estimate of drug-likeness (QED) is 0.304. The second kappa shape index (κ2) is 12.1. The number of hydrogen-bond acceptors (Lipinski definition) is 4. The lowest BCUT2D eigenvalue weighted by Crippen LogP contribution is -2.36. The molecular weight excluding hydrogens is 536 g/mol. The van der Waals surface area contributed by atoms with Crippen molar-refractivity contribution >= 4 is 22.8 Å². The minimum atomic E-state index is -4.96. The summed E-state index contributed by atoms with van der Waals surface area (Å²) in [6.45, 7) is 2.87. The van der Waals surface area contributed by atoms with Crippen LogP contribution in [0, 0.1) is 11.8 Å². The van der Waals surface area contributed by atoms with E-state index in [0.29, 0.717) is 29.9 Å². The summed E-state index contributed by atoms with van der Waals surface area (Å²) in [5, 5.41) is 0.805. The molecule has 1 unspecified atom stereocenters. The Balaban J connectivity index is 1.69. The number of pyridine rings is 1. The summed E-state index contributed by atoms with van der Waals surface area (Å²) in [4.78, 5) is 21.0. The van der Waals surface area contributed by atoms with Gasteiger partial charge in [0, 0.05) is 30.6 Å². The smallest absolute Gasteiger partial charge is 0.416 e. The van der Waals surface area contributed by atoms with Crippen LogP contribution in [0.1, 0.15) is 44.6 Å². The lowest BCUT2D eigenvalue weighted by molar-refractivity contribution is -0.162. The van der Waals surface area contributed by atoms with Crippen LogP contribution in [0.5, 0.6) is 0 Å². The maximum absolute atomic E-state index is 13.5. The van der Waals surface area contributed by atoms with Crippen LogP contribution < -0.4 is 4.90 Å². The van der Waals surface area contributed by atoms with E-state index in [4.69, 9.17) is 9.72 Å². The van der Waals surface area contributed by atoms with Crippen molar-refractivity contribution in [3.05, 3.63) is 59.2 Å². The van der Waals surface area contributed by atoms with Gasteiger partial charge in [-0.2, -0.15) is 26.3 Å². The molecule has 0 N–H and O–H groups in total. The maximum atomic E-state index is 13.5. The average Bonchev–Trinajstić information content (AvgIpc) is 3.42. The van der Waals surface area contributed by atoms with Crippen molar-refractivity contribution in [3.63, 3.8) is 0 Å². The molecule has 2 aliphatic rings. The fourth-order valence-electron chi connectivity index (χ4n) is 5.56. The summed E-state index contributed by atoms with van der Waals surface area (Å²) >= 11 is 0. The van der Waals surface area contributed by atoms with Crippen molar-refractivity contribution in [3.8, 4) is 0 Å². The van der Waals surface area contributed by atoms with Gasteiger partial charge in [-0.05, 0) is 55.9 Å². The molecular formula is C29H33F6N3O2. The highest BCUT2D eigenvalue weighted by molar-refractivity contribution is 5.82. The topological polar surface area (TPSA) is 45.7 Å². The number of para-hydroxylation sites is 1. The fraction of sp³-hybridized carbons (Fsp3) is 0.517. The number of aromatic nitrogens is 1. The number of carbonyl (C=O) groups is 1. The highest BCUT2D eigenvalue weighted by atomic mass is 19.4. The number of nitrogens with zero attached hydrogens (tertiary/aromatic N) is 3. The number of methoxy groups -OCH3 is 1. The van der Waals surface area contributed by atoms with E-state index < -0.39 is 42.9 Å². The molecule has 40 heavy (non-hydrogen) atoms. The minimum absolute atomic E-state index is 0.0971. The Labute approximate surface area is 229 Å². The second-order valence-electron chi connectivity index (χ2n) is 10.5. The Morgan fingerprint density at radius 1 is 1.07 bits per heavy atom. The molecule has 1 fully saturated rings. The number of benzene rings is 1. The van der Waals surface area contributed by atoms with Crippen LogP contribution in [0.25, 0.3) is 10.9 Å². The van der Waals surface area contributed by atoms with E-state index in [2.05, 4.69) is 4.90 Å². The predicted octanol–water partition coefficient (Wildman–Crippen LogP) is 7.82. The summed E-state index contributed by atoms with van der Waals surface area (Å²) in [5.74, 6) is -1.16. The van der Waals surface area contributed by atoms with E-state index >= 15 is 0 Å². The van der Waals surface area contributed by atoms with Gasteiger partial charge >= 0.3 is 18.4 Å². The van der Waals surface area contributed by atoms with E-state index in [1.807, 2.05) is 37.3 Å². The molecule has 1 heterocycles. The SMILES string of the molecule is CCN(CC1CCCC1)c1nc2ccccc2cc1CN(CC1=CC(C(F)(F)F)=CC(C(F)(F)F)C1)C(=O)OC. The number of ether oxygens (including phenoxy) is 1. The zero-order chi connectivity index (χ0) is 29.1. The molecule has 1 saturated carbocycles. The number of halogens is 6. The summed E-state index contributed by atoms with van der Waals surface area (Å²) in [6.07, 6.45) is -5.89. The van der Waals surface area contributed by atoms with Gasteiger partial charge in [-0.15, -0.1) is 0 Å². The van der Waals surface area contributed by atoms with Gasteiger partial charge in [-0.25, -0.2) is 9.78 Å². The van der Waals surface area contributed by atoms with Crippen molar-refractivity contribution in [2.24, 2.45) is 11.8 Å². The predicted molar refractivity (Wildman–Crippen MR) is 141 cm³/mol. The zero-order valence-corrected chi connectivity index (χ0v) is 22.5. The summed E-state index contributed by atoms with van der Waals surface area (Å²) in [6, 6.07) is 9.32. The zero-order valence-electron chi connectivity index (χ0n) is 22.5. The molecule has 5 nitrogen and oxygen atoms in total. The van der Waals surface area contributed by atoms with Gasteiger partial charge in [-0.3, -0.25) is 4.90 Å². The van der Waals surface area contributed by atoms with E-state index in [9.17, 15) is 31.1 Å². The van der Waals surface area contributed by atoms with Crippen molar-refractivity contribution in [2.75, 3.05) is 31.6 Å². The van der Waals surface area contributed by atoms with Crippen molar-refractivity contribution < 1.29 is 35.9 Å². The van der Waals surface area contributed by atoms with E-state index in [0.717, 1.165) is 42.3 Å². The van der Waals surface area contributed by atoms with Crippen LogP contribution in [0.15, 0.2) is 53.6 Å². The number of allylic oxidation sites excluding steroid dienone is 3. The van der Waals surface area contributed by atoms with Crippen LogP contribution in [-0.4, -0.2) is 55.1 Å². The Bertz CT molecular complexity index is 1260. The lowest BCUT2D eigenvalue weighted by atomic mass is 9.89. The van der Waals surface area contributed by atoms with Gasteiger partial charge in [0.25, 0.3) is 0 Å². The molecule has 0 saturated heterocycles. The van der Waals surface area contributed by atoms with Gasteiger partial charge in [0.1, 0.15) is 5.82 Å². The number of fused-ring (bicyclic) bond motifs is 1. The molecule has 218 valence electrons. The molecule has 0 radical (unpaired) electrons. The minimum Gasteiger partial charge on any atom is -0.453 e. The Morgan fingerprint density at radius 3 is 2.40 bits per heavy atom. The lowest BCUT2D eigenvalue weighted by Gasteiger charge is -2.31. The monoisotopic (exact) mass is 569 g/mol. The highest BCUT2D eigenvalue weighted by Crippen LogP contribution is 2.41. The van der Waals surface area contributed by atoms with Crippen LogP contribution in [0.3, 0.4) is 0 Å². The van der Waals surface area contributed by atoms with Gasteiger partial charge in [-0.1, -0.05) is 37.1 Å². The molecule has 1 aromatic carbocycles. The first-order valence-electron chi connectivity index (χ1n) is 13.4. The van der Waals surface area contributed by atoms with Crippen LogP contribution in [0.2, 0.25) is 0 Å². The van der Waals surface area contributed by atoms with Crippen molar-refractivity contribution in [2.45, 2.75) is 57.9 Å². The normalized spacial score (nSPS) is 18.4. The Hall–Kier alpha value is -3.24. The molecule has 0 spiro atoms. The third kappa shape index (κ3) is 7.09. The summed E-state index contributed by atoms with van der Waals surface area (Å²) in [5.41, 5.74) is -0.142. The van der Waals surface area contributed by atoms with Crippen LogP contribution in [-0.2, 0) is 11.3 Å². The van der Waals surface area contributed by atoms with E-state index in [1.165, 1.54) is 12.8 Å². The number of anilines is 1. The molecule has 1 amide bonds. The van der Waals surface area contributed by atoms with Gasteiger partial charge in [0.2, 0.25) is 0 Å². The van der Waals surface area contributed by atoms with Crippen molar-refractivity contribution in [1.82, 2.24) is 9.88 Å². The third-order valence-corrected chi connectivity index (χ3v) is 7.57. The molecule has 1 aromatic heterocycles. The third-order valence-electron chi connectivity index (χ3n) is 7.57. The van der Waals surface area contributed by atoms with Crippen LogP contribution in [0.4, 0.5) is 37.0 Å². The Morgan fingerprint density at radius 2 is 1.77 bits per heavy atom. The number of hydrogen-bond donors (Lipinski definition) is 0. The van der Waals surface area contributed by atoms with E-state index in [-0.39, 0.29) is 18.2 Å². The van der Waals surface area contributed by atoms with Gasteiger partial charge < -0.3 is 9.64 Å². The van der Waals surface area contributed by atoms with E-state index in [1.54, 1.807) is 0 Å². The first-order chi connectivity index (χ1) is 18.9. The number of carbonyl (C=O) groups excluding carboxylic acids is 1. The Kier molecular flexibility index (Phi) is 8.99. The first kappa shape index (κ1) is 29.7. The molecule has 1 atom stereocenters. The second-order valence-corrected chi connectivity index (χ2v) is 10.5. The standard InChI is InChI=1S/C29H33F6N3O2/c1-3-37(16-19-8-4-5-9-19)26-22(14-21-10-6-7-11-25(21)36-26)18-38(27(39)40-2)17-20-12-23(28(30,31)32)15-24(13-20)29(33,34)35/h6-7,10-12,14-15,19,24H,3-5,8-9,13,16-18H2,1-2H3. The maximum Gasteiger partial charge on any atom is 0.416 e. The largest absolute Gasteiger partial charge is 0.453 e. The highest BCUT2D eigenvalue weighted by Gasteiger charge is 2.44. The molecule has 0 bridgehead atoms.